The molecule has 0 amide bonds. The molecular weight excluding hydrogens is 260 g/mol. The molecule has 0 aromatic heterocycles. The monoisotopic (exact) mass is 276 g/mol. The molecule has 3 heteroatoms. The Bertz CT molecular complexity index is 533. The van der Waals surface area contributed by atoms with Crippen LogP contribution in [0.5, 0.6) is 5.75 Å². The zero-order valence-corrected chi connectivity index (χ0v) is 11.9. The van der Waals surface area contributed by atoms with E-state index in [1.165, 1.54) is 0 Å². The normalized spacial score (nSPS) is 25.3. The number of carbonyl (C=O) groups is 1. The number of rotatable bonds is 4. The molecule has 2 unspecified atom stereocenters. The van der Waals surface area contributed by atoms with Gasteiger partial charge in [0.1, 0.15) is 17.8 Å². The third kappa shape index (κ3) is 2.74. The van der Waals surface area contributed by atoms with Crippen LogP contribution in [0.3, 0.4) is 0 Å². The van der Waals surface area contributed by atoms with Crippen LogP contribution in [-0.2, 0) is 4.79 Å². The number of benzene rings is 1. The topological polar surface area (TPSA) is 26.3 Å². The molecule has 0 bridgehead atoms. The summed E-state index contributed by atoms with van der Waals surface area (Å²) < 4.78 is 5.82. The highest BCUT2D eigenvalue weighted by Crippen LogP contribution is 2.36. The van der Waals surface area contributed by atoms with Crippen molar-refractivity contribution in [3.63, 3.8) is 0 Å². The number of hydrogen-bond acceptors (Lipinski definition) is 2. The summed E-state index contributed by atoms with van der Waals surface area (Å²) >= 11 is 5.81. The number of allylic oxidation sites excluding steroid dienone is 3. The van der Waals surface area contributed by atoms with Crippen molar-refractivity contribution in [1.82, 2.24) is 0 Å². The SMILES string of the molecule is Cc1ccccc1OCC1(C(=O)Cl)C=CC=CC1C. The molecule has 0 N–H and O–H groups in total. The van der Waals surface area contributed by atoms with E-state index in [0.29, 0.717) is 0 Å². The molecule has 0 aliphatic heterocycles. The van der Waals surface area contributed by atoms with Crippen molar-refractivity contribution in [1.29, 1.82) is 0 Å². The second-order valence-electron chi connectivity index (χ2n) is 4.90. The van der Waals surface area contributed by atoms with Gasteiger partial charge < -0.3 is 4.74 Å². The summed E-state index contributed by atoms with van der Waals surface area (Å²) in [7, 11) is 0. The maximum atomic E-state index is 11.8. The number of hydrogen-bond donors (Lipinski definition) is 0. The van der Waals surface area contributed by atoms with Crippen molar-refractivity contribution in [3.8, 4) is 5.75 Å². The Labute approximate surface area is 118 Å². The molecule has 0 saturated heterocycles. The molecule has 0 fully saturated rings. The van der Waals surface area contributed by atoms with Gasteiger partial charge in [0.05, 0.1) is 0 Å². The van der Waals surface area contributed by atoms with Crippen LogP contribution in [0.2, 0.25) is 0 Å². The molecule has 0 saturated carbocycles. The fraction of sp³-hybridized carbons (Fsp3) is 0.312. The minimum atomic E-state index is -0.779. The Morgan fingerprint density at radius 1 is 1.37 bits per heavy atom. The van der Waals surface area contributed by atoms with Gasteiger partial charge in [0, 0.05) is 0 Å². The highest BCUT2D eigenvalue weighted by atomic mass is 35.5. The zero-order chi connectivity index (χ0) is 13.9. The fourth-order valence-corrected chi connectivity index (χ4v) is 2.47. The quantitative estimate of drug-likeness (QED) is 0.780. The lowest BCUT2D eigenvalue weighted by molar-refractivity contribution is -0.121. The van der Waals surface area contributed by atoms with Gasteiger partial charge in [-0.3, -0.25) is 4.79 Å². The minimum absolute atomic E-state index is 0.0199. The molecule has 2 rings (SSSR count). The van der Waals surface area contributed by atoms with Crippen LogP contribution < -0.4 is 4.74 Å². The van der Waals surface area contributed by atoms with E-state index in [2.05, 4.69) is 0 Å². The Morgan fingerprint density at radius 3 is 2.74 bits per heavy atom. The number of aryl methyl sites for hydroxylation is 1. The maximum absolute atomic E-state index is 11.8. The first-order valence-corrected chi connectivity index (χ1v) is 6.68. The van der Waals surface area contributed by atoms with Gasteiger partial charge >= 0.3 is 0 Å². The van der Waals surface area contributed by atoms with Gasteiger partial charge in [-0.05, 0) is 36.1 Å². The van der Waals surface area contributed by atoms with E-state index in [-0.39, 0.29) is 17.8 Å². The maximum Gasteiger partial charge on any atom is 0.235 e. The van der Waals surface area contributed by atoms with Crippen LogP contribution in [0.15, 0.2) is 48.6 Å². The smallest absolute Gasteiger partial charge is 0.235 e. The Morgan fingerprint density at radius 2 is 2.11 bits per heavy atom. The van der Waals surface area contributed by atoms with Gasteiger partial charge in [-0.25, -0.2) is 0 Å². The van der Waals surface area contributed by atoms with Crippen molar-refractivity contribution < 1.29 is 9.53 Å². The molecule has 0 radical (unpaired) electrons. The molecule has 1 aliphatic carbocycles. The van der Waals surface area contributed by atoms with Crippen molar-refractivity contribution in [2.75, 3.05) is 6.61 Å². The van der Waals surface area contributed by atoms with Crippen LogP contribution in [0.4, 0.5) is 0 Å². The molecule has 0 spiro atoms. The van der Waals surface area contributed by atoms with Crippen LogP contribution in [0.1, 0.15) is 12.5 Å². The molecule has 1 aliphatic rings. The molecule has 2 atom stereocenters. The van der Waals surface area contributed by atoms with E-state index in [9.17, 15) is 4.79 Å². The predicted octanol–water partition coefficient (Wildman–Crippen LogP) is 3.89. The van der Waals surface area contributed by atoms with Gasteiger partial charge in [0.25, 0.3) is 0 Å². The molecule has 1 aromatic rings. The largest absolute Gasteiger partial charge is 0.492 e. The Hall–Kier alpha value is -1.54. The number of halogens is 1. The summed E-state index contributed by atoms with van der Waals surface area (Å²) in [4.78, 5) is 11.8. The lowest BCUT2D eigenvalue weighted by atomic mass is 9.75. The van der Waals surface area contributed by atoms with Gasteiger partial charge in [0.15, 0.2) is 0 Å². The van der Waals surface area contributed by atoms with E-state index in [4.69, 9.17) is 16.3 Å². The lowest BCUT2D eigenvalue weighted by Gasteiger charge is -2.33. The number of para-hydroxylation sites is 1. The fourth-order valence-electron chi connectivity index (χ4n) is 2.18. The van der Waals surface area contributed by atoms with Crippen LogP contribution >= 0.6 is 11.6 Å². The molecule has 0 heterocycles. The van der Waals surface area contributed by atoms with E-state index in [1.54, 1.807) is 0 Å². The zero-order valence-electron chi connectivity index (χ0n) is 11.1. The Balaban J connectivity index is 2.20. The van der Waals surface area contributed by atoms with Crippen molar-refractivity contribution in [2.24, 2.45) is 11.3 Å². The van der Waals surface area contributed by atoms with E-state index in [0.717, 1.165) is 11.3 Å². The summed E-state index contributed by atoms with van der Waals surface area (Å²) in [6, 6.07) is 7.74. The molecule has 19 heavy (non-hydrogen) atoms. The van der Waals surface area contributed by atoms with Crippen LogP contribution in [0.25, 0.3) is 0 Å². The predicted molar refractivity (Wildman–Crippen MR) is 77.4 cm³/mol. The second-order valence-corrected chi connectivity index (χ2v) is 5.24. The summed E-state index contributed by atoms with van der Waals surface area (Å²) in [5.74, 6) is 0.807. The van der Waals surface area contributed by atoms with E-state index in [1.807, 2.05) is 62.4 Å². The minimum Gasteiger partial charge on any atom is -0.492 e. The summed E-state index contributed by atoms with van der Waals surface area (Å²) in [5.41, 5.74) is 0.265. The van der Waals surface area contributed by atoms with Gasteiger partial charge in [-0.1, -0.05) is 49.4 Å². The molecular formula is C16H17ClO2. The highest BCUT2D eigenvalue weighted by molar-refractivity contribution is 6.65. The summed E-state index contributed by atoms with van der Waals surface area (Å²) in [6.07, 6.45) is 7.59. The van der Waals surface area contributed by atoms with Crippen molar-refractivity contribution in [3.05, 3.63) is 54.1 Å². The summed E-state index contributed by atoms with van der Waals surface area (Å²) in [5, 5.41) is -0.380. The highest BCUT2D eigenvalue weighted by Gasteiger charge is 2.41. The Kier molecular flexibility index (Phi) is 4.11. The van der Waals surface area contributed by atoms with Gasteiger partial charge in [-0.15, -0.1) is 0 Å². The molecule has 100 valence electrons. The second kappa shape index (κ2) is 5.62. The third-order valence-electron chi connectivity index (χ3n) is 3.64. The van der Waals surface area contributed by atoms with Gasteiger partial charge in [0.2, 0.25) is 5.24 Å². The number of ether oxygens (including phenoxy) is 1. The van der Waals surface area contributed by atoms with Crippen molar-refractivity contribution >= 4 is 16.8 Å². The van der Waals surface area contributed by atoms with Crippen LogP contribution in [0, 0.1) is 18.3 Å². The average molecular weight is 277 g/mol. The standard InChI is InChI=1S/C16H17ClO2/c1-12-7-3-4-9-14(12)19-11-16(15(17)18)10-6-5-8-13(16)2/h3-10,13H,11H2,1-2H3. The summed E-state index contributed by atoms with van der Waals surface area (Å²) in [6.45, 7) is 4.20. The third-order valence-corrected chi connectivity index (χ3v) is 3.99. The first kappa shape index (κ1) is 13.9. The van der Waals surface area contributed by atoms with E-state index >= 15 is 0 Å². The lowest BCUT2D eigenvalue weighted by Crippen LogP contribution is -2.39. The first-order chi connectivity index (χ1) is 9.06. The van der Waals surface area contributed by atoms with E-state index < -0.39 is 5.41 Å². The molecule has 1 aromatic carbocycles. The molecule has 2 nitrogen and oxygen atoms in total. The average Bonchev–Trinajstić information content (AvgIpc) is 2.39. The van der Waals surface area contributed by atoms with Crippen LogP contribution in [-0.4, -0.2) is 11.8 Å². The first-order valence-electron chi connectivity index (χ1n) is 6.30. The van der Waals surface area contributed by atoms with Gasteiger partial charge in [-0.2, -0.15) is 0 Å². The van der Waals surface area contributed by atoms with Crippen molar-refractivity contribution in [2.45, 2.75) is 13.8 Å². The number of carbonyl (C=O) groups excluding carboxylic acids is 1.